The topological polar surface area (TPSA) is 91.8 Å². The zero-order chi connectivity index (χ0) is 22.6. The molecule has 2 atom stereocenters. The van der Waals surface area contributed by atoms with Gasteiger partial charge in [-0.25, -0.2) is 4.52 Å². The van der Waals surface area contributed by atoms with Crippen molar-refractivity contribution in [2.24, 2.45) is 5.73 Å². The van der Waals surface area contributed by atoms with Gasteiger partial charge in [0.2, 0.25) is 5.91 Å². The quantitative estimate of drug-likeness (QED) is 0.575. The number of pyridine rings is 2. The number of nitrogens with zero attached hydrogens (tertiary/aromatic N) is 5. The summed E-state index contributed by atoms with van der Waals surface area (Å²) in [6.45, 7) is 4.75. The summed E-state index contributed by atoms with van der Waals surface area (Å²) in [7, 11) is 2.18. The fraction of sp³-hybridized carbons (Fsp3) is 0.480. The molecule has 4 heterocycles. The zero-order valence-electron chi connectivity index (χ0n) is 19.1. The van der Waals surface area contributed by atoms with Crippen LogP contribution in [0, 0.1) is 0 Å². The van der Waals surface area contributed by atoms with Gasteiger partial charge in [0.1, 0.15) is 11.2 Å². The van der Waals surface area contributed by atoms with Crippen LogP contribution in [0.5, 0.6) is 0 Å². The van der Waals surface area contributed by atoms with Crippen molar-refractivity contribution in [3.8, 4) is 0 Å². The Kier molecular flexibility index (Phi) is 4.88. The molecule has 1 saturated heterocycles. The number of amides is 1. The van der Waals surface area contributed by atoms with E-state index in [0.717, 1.165) is 43.1 Å². The van der Waals surface area contributed by atoms with Gasteiger partial charge in [0, 0.05) is 45.0 Å². The number of likely N-dealkylation sites (N-methyl/N-ethyl adjacent to an activating group) is 1. The number of hydrogen-bond acceptors (Lipinski definition) is 6. The molecule has 0 radical (unpaired) electrons. The Labute approximate surface area is 193 Å². The first-order valence-corrected chi connectivity index (χ1v) is 12.0. The van der Waals surface area contributed by atoms with Gasteiger partial charge in [0.05, 0.1) is 16.9 Å². The Hall–Kier alpha value is -2.97. The minimum Gasteiger partial charge on any atom is -0.369 e. The second-order valence-electron chi connectivity index (χ2n) is 9.87. The van der Waals surface area contributed by atoms with E-state index < -0.39 is 5.41 Å². The predicted molar refractivity (Wildman–Crippen MR) is 127 cm³/mol. The molecule has 0 spiro atoms. The molecule has 2 saturated carbocycles. The van der Waals surface area contributed by atoms with Gasteiger partial charge in [0.25, 0.3) is 0 Å². The van der Waals surface area contributed by atoms with E-state index in [2.05, 4.69) is 49.9 Å². The van der Waals surface area contributed by atoms with Crippen LogP contribution >= 0.6 is 0 Å². The smallest absolute Gasteiger partial charge is 0.231 e. The van der Waals surface area contributed by atoms with Gasteiger partial charge >= 0.3 is 0 Å². The highest BCUT2D eigenvalue weighted by atomic mass is 16.1. The van der Waals surface area contributed by atoms with Crippen LogP contribution in [0.2, 0.25) is 0 Å². The van der Waals surface area contributed by atoms with Crippen LogP contribution in [0.15, 0.2) is 42.6 Å². The summed E-state index contributed by atoms with van der Waals surface area (Å²) in [5, 5.41) is 8.48. The van der Waals surface area contributed by atoms with E-state index in [4.69, 9.17) is 10.8 Å². The molecular weight excluding hydrogens is 414 g/mol. The maximum atomic E-state index is 12.3. The Balaban J connectivity index is 1.25. The highest BCUT2D eigenvalue weighted by Crippen LogP contribution is 2.47. The molecule has 33 heavy (non-hydrogen) atoms. The minimum absolute atomic E-state index is 0.0196. The van der Waals surface area contributed by atoms with Gasteiger partial charge in [0.15, 0.2) is 0 Å². The molecule has 0 aromatic carbocycles. The first-order chi connectivity index (χ1) is 16.0. The van der Waals surface area contributed by atoms with Crippen molar-refractivity contribution in [2.75, 3.05) is 38.1 Å². The van der Waals surface area contributed by atoms with E-state index in [-0.39, 0.29) is 11.9 Å². The first-order valence-electron chi connectivity index (χ1n) is 12.0. The fourth-order valence-corrected chi connectivity index (χ4v) is 5.20. The third-order valence-corrected chi connectivity index (χ3v) is 7.54. The summed E-state index contributed by atoms with van der Waals surface area (Å²) in [5.41, 5.74) is 9.38. The summed E-state index contributed by atoms with van der Waals surface area (Å²) in [6, 6.07) is 12.4. The molecule has 1 aliphatic heterocycles. The van der Waals surface area contributed by atoms with Crippen LogP contribution in [0.4, 0.5) is 5.82 Å². The summed E-state index contributed by atoms with van der Waals surface area (Å²) in [5.74, 6) is 1.57. The molecule has 3 aromatic heterocycles. The van der Waals surface area contributed by atoms with E-state index in [1.807, 2.05) is 18.2 Å². The lowest BCUT2D eigenvalue weighted by atomic mass is 10.00. The monoisotopic (exact) mass is 445 g/mol. The van der Waals surface area contributed by atoms with Crippen LogP contribution in [0.1, 0.15) is 42.1 Å². The lowest BCUT2D eigenvalue weighted by Crippen LogP contribution is -2.45. The number of piperazine rings is 1. The molecule has 2 aliphatic carbocycles. The summed E-state index contributed by atoms with van der Waals surface area (Å²) in [4.78, 5) is 21.6. The number of aromatic nitrogens is 3. The normalized spacial score (nSPS) is 25.5. The lowest BCUT2D eigenvalue weighted by Gasteiger charge is -2.34. The Bertz CT molecular complexity index is 1180. The number of rotatable bonds is 7. The standard InChI is InChI=1S/C25H31N7O/c1-30-8-10-31(11-9-30)23-13-18(17-5-6-17)12-20-14-19(29-32(20)23)16-28-22-15-25(22,24(26)33)21-4-2-3-7-27-21/h2-4,7,12-14,17,22,28H,5-6,8-11,15-16H2,1H3,(H2,26,33). The van der Waals surface area contributed by atoms with Crippen LogP contribution in [0.25, 0.3) is 5.52 Å². The van der Waals surface area contributed by atoms with E-state index in [1.165, 1.54) is 24.2 Å². The molecule has 1 amide bonds. The lowest BCUT2D eigenvalue weighted by molar-refractivity contribution is -0.120. The molecule has 172 valence electrons. The maximum Gasteiger partial charge on any atom is 0.231 e. The summed E-state index contributed by atoms with van der Waals surface area (Å²) < 4.78 is 2.10. The van der Waals surface area contributed by atoms with Crippen LogP contribution < -0.4 is 16.0 Å². The van der Waals surface area contributed by atoms with E-state index in [1.54, 1.807) is 6.20 Å². The van der Waals surface area contributed by atoms with Gasteiger partial charge in [-0.3, -0.25) is 9.78 Å². The third-order valence-electron chi connectivity index (χ3n) is 7.54. The largest absolute Gasteiger partial charge is 0.369 e. The minimum atomic E-state index is -0.718. The molecule has 3 fully saturated rings. The Morgan fingerprint density at radius 3 is 2.70 bits per heavy atom. The van der Waals surface area contributed by atoms with Gasteiger partial charge in [-0.2, -0.15) is 5.10 Å². The molecule has 3 aliphatic rings. The highest BCUT2D eigenvalue weighted by molar-refractivity contribution is 5.91. The van der Waals surface area contributed by atoms with Crippen LogP contribution in [-0.4, -0.2) is 64.7 Å². The predicted octanol–water partition coefficient (Wildman–Crippen LogP) is 1.64. The average Bonchev–Trinajstić information content (AvgIpc) is 3.74. The van der Waals surface area contributed by atoms with Crippen LogP contribution in [-0.2, 0) is 16.8 Å². The van der Waals surface area contributed by atoms with Crippen molar-refractivity contribution in [3.05, 3.63) is 59.5 Å². The average molecular weight is 446 g/mol. The SMILES string of the molecule is CN1CCN(c2cc(C3CC3)cc3cc(CNC4CC4(C(N)=O)c4ccccn4)nn23)CC1. The van der Waals surface area contributed by atoms with Gasteiger partial charge < -0.3 is 20.9 Å². The molecule has 3 aromatic rings. The number of hydrogen-bond donors (Lipinski definition) is 2. The number of carbonyl (C=O) groups is 1. The molecule has 2 unspecified atom stereocenters. The maximum absolute atomic E-state index is 12.3. The fourth-order valence-electron chi connectivity index (χ4n) is 5.20. The van der Waals surface area contributed by atoms with Gasteiger partial charge in [-0.1, -0.05) is 6.07 Å². The van der Waals surface area contributed by atoms with Crippen LogP contribution in [0.3, 0.4) is 0 Å². The van der Waals surface area contributed by atoms with Gasteiger partial charge in [-0.15, -0.1) is 0 Å². The van der Waals surface area contributed by atoms with E-state index in [9.17, 15) is 4.79 Å². The molecule has 3 N–H and O–H groups in total. The summed E-state index contributed by atoms with van der Waals surface area (Å²) >= 11 is 0. The number of nitrogens with one attached hydrogen (secondary N) is 1. The number of fused-ring (bicyclic) bond motifs is 1. The number of primary amides is 1. The third kappa shape index (κ3) is 3.67. The van der Waals surface area contributed by atoms with Crippen molar-refractivity contribution < 1.29 is 4.79 Å². The van der Waals surface area contributed by atoms with Gasteiger partial charge in [-0.05, 0) is 68.1 Å². The van der Waals surface area contributed by atoms with Crippen molar-refractivity contribution in [1.29, 1.82) is 0 Å². The second kappa shape index (κ2) is 7.81. The van der Waals surface area contributed by atoms with Crippen molar-refractivity contribution in [2.45, 2.75) is 43.2 Å². The zero-order valence-corrected chi connectivity index (χ0v) is 19.1. The molecule has 0 bridgehead atoms. The number of anilines is 1. The molecular formula is C25H31N7O. The van der Waals surface area contributed by atoms with Crippen molar-refractivity contribution >= 4 is 17.2 Å². The van der Waals surface area contributed by atoms with Crippen molar-refractivity contribution in [1.82, 2.24) is 24.8 Å². The number of carbonyl (C=O) groups excluding carboxylic acids is 1. The molecule has 8 heteroatoms. The number of nitrogens with two attached hydrogens (primary N) is 1. The first kappa shape index (κ1) is 20.6. The van der Waals surface area contributed by atoms with E-state index in [0.29, 0.717) is 18.9 Å². The Morgan fingerprint density at radius 2 is 2.00 bits per heavy atom. The second-order valence-corrected chi connectivity index (χ2v) is 9.87. The summed E-state index contributed by atoms with van der Waals surface area (Å²) in [6.07, 6.45) is 4.95. The molecule has 8 nitrogen and oxygen atoms in total. The molecule has 6 rings (SSSR count). The highest BCUT2D eigenvalue weighted by Gasteiger charge is 2.61. The Morgan fingerprint density at radius 1 is 1.18 bits per heavy atom. The van der Waals surface area contributed by atoms with E-state index >= 15 is 0 Å². The van der Waals surface area contributed by atoms with Crippen molar-refractivity contribution in [3.63, 3.8) is 0 Å².